The van der Waals surface area contributed by atoms with Gasteiger partial charge in [-0.1, -0.05) is 32.3 Å². The van der Waals surface area contributed by atoms with Crippen LogP contribution in [0.1, 0.15) is 44.3 Å². The first-order valence-electron chi connectivity index (χ1n) is 6.89. The molecule has 2 rings (SSSR count). The second kappa shape index (κ2) is 5.61. The zero-order valence-electron chi connectivity index (χ0n) is 11.9. The quantitative estimate of drug-likeness (QED) is 0.842. The van der Waals surface area contributed by atoms with Crippen LogP contribution in [-0.2, 0) is 14.1 Å². The predicted octanol–water partition coefficient (Wildman–Crippen LogP) is 2.49. The van der Waals surface area contributed by atoms with Crippen molar-refractivity contribution in [2.45, 2.75) is 38.7 Å². The average molecular weight is 262 g/mol. The molecule has 0 amide bonds. The van der Waals surface area contributed by atoms with E-state index in [1.807, 2.05) is 18.2 Å². The van der Waals surface area contributed by atoms with Crippen LogP contribution >= 0.6 is 0 Å². The normalized spacial score (nSPS) is 13.1. The van der Waals surface area contributed by atoms with Crippen molar-refractivity contribution in [3.63, 3.8) is 0 Å². The summed E-state index contributed by atoms with van der Waals surface area (Å²) in [4.78, 5) is 11.8. The SMILES string of the molecule is CCCCCC(O)c1ccc2c(c1)n(C)c(=O)n2C. The molecule has 0 radical (unpaired) electrons. The van der Waals surface area contributed by atoms with Crippen molar-refractivity contribution in [2.24, 2.45) is 14.1 Å². The highest BCUT2D eigenvalue weighted by atomic mass is 16.3. The summed E-state index contributed by atoms with van der Waals surface area (Å²) in [5, 5.41) is 10.2. The van der Waals surface area contributed by atoms with Crippen molar-refractivity contribution in [3.05, 3.63) is 34.2 Å². The Kier molecular flexibility index (Phi) is 4.10. The van der Waals surface area contributed by atoms with E-state index in [9.17, 15) is 9.90 Å². The average Bonchev–Trinajstić information content (AvgIpc) is 2.64. The van der Waals surface area contributed by atoms with Crippen molar-refractivity contribution in [1.29, 1.82) is 0 Å². The molecule has 4 nitrogen and oxygen atoms in total. The van der Waals surface area contributed by atoms with Crippen LogP contribution in [-0.4, -0.2) is 14.2 Å². The Labute approximate surface area is 113 Å². The van der Waals surface area contributed by atoms with Gasteiger partial charge in [0.05, 0.1) is 17.1 Å². The van der Waals surface area contributed by atoms with Crippen LogP contribution < -0.4 is 5.69 Å². The van der Waals surface area contributed by atoms with Gasteiger partial charge < -0.3 is 5.11 Å². The maximum Gasteiger partial charge on any atom is 0.328 e. The molecule has 0 bridgehead atoms. The molecule has 104 valence electrons. The molecule has 1 aromatic carbocycles. The summed E-state index contributed by atoms with van der Waals surface area (Å²) in [7, 11) is 3.53. The fourth-order valence-corrected chi connectivity index (χ4v) is 2.49. The molecule has 0 fully saturated rings. The molecule has 0 aliphatic rings. The van der Waals surface area contributed by atoms with Gasteiger partial charge in [-0.05, 0) is 24.1 Å². The smallest absolute Gasteiger partial charge is 0.328 e. The monoisotopic (exact) mass is 262 g/mol. The number of imidazole rings is 1. The zero-order chi connectivity index (χ0) is 14.0. The van der Waals surface area contributed by atoms with E-state index in [2.05, 4.69) is 6.92 Å². The van der Waals surface area contributed by atoms with Gasteiger partial charge in [-0.25, -0.2) is 4.79 Å². The maximum absolute atomic E-state index is 11.8. The summed E-state index contributed by atoms with van der Waals surface area (Å²) < 4.78 is 3.25. The van der Waals surface area contributed by atoms with Gasteiger partial charge in [0.15, 0.2) is 0 Å². The number of aliphatic hydroxyl groups is 1. The summed E-state index contributed by atoms with van der Waals surface area (Å²) in [6.45, 7) is 2.15. The highest BCUT2D eigenvalue weighted by molar-refractivity contribution is 5.76. The lowest BCUT2D eigenvalue weighted by atomic mass is 10.0. The van der Waals surface area contributed by atoms with Crippen molar-refractivity contribution in [3.8, 4) is 0 Å². The van der Waals surface area contributed by atoms with Crippen LogP contribution in [0.4, 0.5) is 0 Å². The molecule has 0 saturated heterocycles. The van der Waals surface area contributed by atoms with E-state index < -0.39 is 6.10 Å². The molecule has 0 aliphatic heterocycles. The van der Waals surface area contributed by atoms with Crippen molar-refractivity contribution in [1.82, 2.24) is 9.13 Å². The van der Waals surface area contributed by atoms with Gasteiger partial charge in [0.25, 0.3) is 0 Å². The van der Waals surface area contributed by atoms with Crippen LogP contribution in [0, 0.1) is 0 Å². The maximum atomic E-state index is 11.8. The van der Waals surface area contributed by atoms with Gasteiger partial charge in [0.1, 0.15) is 0 Å². The molecule has 2 aromatic rings. The number of aryl methyl sites for hydroxylation is 2. The Morgan fingerprint density at radius 1 is 1.16 bits per heavy atom. The van der Waals surface area contributed by atoms with Crippen LogP contribution in [0.25, 0.3) is 11.0 Å². The third-order valence-corrected chi connectivity index (χ3v) is 3.76. The third-order valence-electron chi connectivity index (χ3n) is 3.76. The summed E-state index contributed by atoms with van der Waals surface area (Å²) >= 11 is 0. The number of aliphatic hydroxyl groups excluding tert-OH is 1. The Morgan fingerprint density at radius 3 is 2.53 bits per heavy atom. The Balaban J connectivity index is 2.31. The first kappa shape index (κ1) is 13.9. The molecule has 1 aromatic heterocycles. The summed E-state index contributed by atoms with van der Waals surface area (Å²) in [6.07, 6.45) is 3.66. The molecule has 19 heavy (non-hydrogen) atoms. The Hall–Kier alpha value is -1.55. The molecule has 0 saturated carbocycles. The van der Waals surface area contributed by atoms with Crippen LogP contribution in [0.2, 0.25) is 0 Å². The molecular formula is C15H22N2O2. The standard InChI is InChI=1S/C15H22N2O2/c1-4-5-6-7-14(18)11-8-9-12-13(10-11)17(3)15(19)16(12)2/h8-10,14,18H,4-7H2,1-3H3. The number of fused-ring (bicyclic) bond motifs is 1. The van der Waals surface area contributed by atoms with E-state index in [4.69, 9.17) is 0 Å². The molecule has 1 heterocycles. The molecule has 0 spiro atoms. The van der Waals surface area contributed by atoms with Gasteiger partial charge in [-0.2, -0.15) is 0 Å². The van der Waals surface area contributed by atoms with Gasteiger partial charge >= 0.3 is 5.69 Å². The van der Waals surface area contributed by atoms with Crippen molar-refractivity contribution >= 4 is 11.0 Å². The van der Waals surface area contributed by atoms with Gasteiger partial charge in [0, 0.05) is 14.1 Å². The topological polar surface area (TPSA) is 47.2 Å². The minimum atomic E-state index is -0.439. The minimum absolute atomic E-state index is 0.0346. The fourth-order valence-electron chi connectivity index (χ4n) is 2.49. The van der Waals surface area contributed by atoms with Crippen LogP contribution in [0.5, 0.6) is 0 Å². The zero-order valence-corrected chi connectivity index (χ0v) is 11.9. The molecular weight excluding hydrogens is 240 g/mol. The lowest BCUT2D eigenvalue weighted by molar-refractivity contribution is 0.163. The number of unbranched alkanes of at least 4 members (excludes halogenated alkanes) is 2. The number of aromatic nitrogens is 2. The number of rotatable bonds is 5. The summed E-state index contributed by atoms with van der Waals surface area (Å²) in [6, 6.07) is 5.75. The van der Waals surface area contributed by atoms with E-state index in [1.165, 1.54) is 0 Å². The molecule has 1 unspecified atom stereocenters. The van der Waals surface area contributed by atoms with Gasteiger partial charge in [-0.15, -0.1) is 0 Å². The lowest BCUT2D eigenvalue weighted by Gasteiger charge is -2.11. The van der Waals surface area contributed by atoms with Crippen molar-refractivity contribution in [2.75, 3.05) is 0 Å². The van der Waals surface area contributed by atoms with Crippen LogP contribution in [0.3, 0.4) is 0 Å². The van der Waals surface area contributed by atoms with E-state index in [-0.39, 0.29) is 5.69 Å². The Morgan fingerprint density at radius 2 is 1.84 bits per heavy atom. The molecule has 4 heteroatoms. The largest absolute Gasteiger partial charge is 0.388 e. The third kappa shape index (κ3) is 2.59. The van der Waals surface area contributed by atoms with E-state index in [0.717, 1.165) is 42.3 Å². The lowest BCUT2D eigenvalue weighted by Crippen LogP contribution is -2.19. The fraction of sp³-hybridized carbons (Fsp3) is 0.533. The molecule has 1 atom stereocenters. The van der Waals surface area contributed by atoms with Gasteiger partial charge in [0.2, 0.25) is 0 Å². The highest BCUT2D eigenvalue weighted by Crippen LogP contribution is 2.23. The van der Waals surface area contributed by atoms with Crippen molar-refractivity contribution < 1.29 is 5.11 Å². The first-order valence-corrected chi connectivity index (χ1v) is 6.89. The first-order chi connectivity index (χ1) is 9.06. The number of benzene rings is 1. The summed E-state index contributed by atoms with van der Waals surface area (Å²) in [5.74, 6) is 0. The second-order valence-electron chi connectivity index (χ2n) is 5.16. The molecule has 1 N–H and O–H groups in total. The second-order valence-corrected chi connectivity index (χ2v) is 5.16. The minimum Gasteiger partial charge on any atom is -0.388 e. The number of hydrogen-bond donors (Lipinski definition) is 1. The number of hydrogen-bond acceptors (Lipinski definition) is 2. The van der Waals surface area contributed by atoms with E-state index in [0.29, 0.717) is 0 Å². The van der Waals surface area contributed by atoms with E-state index in [1.54, 1.807) is 23.2 Å². The molecule has 0 aliphatic carbocycles. The highest BCUT2D eigenvalue weighted by Gasteiger charge is 2.12. The van der Waals surface area contributed by atoms with Crippen LogP contribution in [0.15, 0.2) is 23.0 Å². The van der Waals surface area contributed by atoms with Gasteiger partial charge in [-0.3, -0.25) is 9.13 Å². The van der Waals surface area contributed by atoms with E-state index >= 15 is 0 Å². The summed E-state index contributed by atoms with van der Waals surface area (Å²) in [5.41, 5.74) is 2.63. The number of nitrogens with zero attached hydrogens (tertiary/aromatic N) is 2. The predicted molar refractivity (Wildman–Crippen MR) is 77.3 cm³/mol. The Bertz CT molecular complexity index is 625.